The number of aromatic nitrogens is 3. The third-order valence-corrected chi connectivity index (χ3v) is 5.11. The van der Waals surface area contributed by atoms with Crippen molar-refractivity contribution in [3.05, 3.63) is 71.7 Å². The minimum atomic E-state index is -0.119. The first kappa shape index (κ1) is 19.6. The molecule has 0 radical (unpaired) electrons. The average Bonchev–Trinajstić information content (AvgIpc) is 3.03. The highest BCUT2D eigenvalue weighted by Gasteiger charge is 2.13. The molecule has 0 unspecified atom stereocenters. The highest BCUT2D eigenvalue weighted by Crippen LogP contribution is 2.26. The van der Waals surface area contributed by atoms with Gasteiger partial charge in [-0.2, -0.15) is 0 Å². The molecule has 1 N–H and O–H groups in total. The van der Waals surface area contributed by atoms with Gasteiger partial charge >= 0.3 is 0 Å². The average molecular weight is 400 g/mol. The summed E-state index contributed by atoms with van der Waals surface area (Å²) >= 11 is 0. The van der Waals surface area contributed by atoms with E-state index in [1.165, 1.54) is 6.92 Å². The van der Waals surface area contributed by atoms with Gasteiger partial charge in [0.1, 0.15) is 17.1 Å². The van der Waals surface area contributed by atoms with Crippen LogP contribution in [-0.4, -0.2) is 27.6 Å². The summed E-state index contributed by atoms with van der Waals surface area (Å²) in [6, 6.07) is 18.4. The van der Waals surface area contributed by atoms with Gasteiger partial charge in [0.2, 0.25) is 5.91 Å². The van der Waals surface area contributed by atoms with Crippen molar-refractivity contribution in [3.63, 3.8) is 0 Å². The van der Waals surface area contributed by atoms with Gasteiger partial charge in [0, 0.05) is 6.92 Å². The molecule has 4 aromatic rings. The smallest absolute Gasteiger partial charge is 0.221 e. The van der Waals surface area contributed by atoms with Gasteiger partial charge < -0.3 is 14.6 Å². The maximum atomic E-state index is 11.4. The zero-order chi connectivity index (χ0) is 21.3. The van der Waals surface area contributed by atoms with Crippen LogP contribution in [0.15, 0.2) is 54.6 Å². The van der Waals surface area contributed by atoms with E-state index in [0.29, 0.717) is 12.2 Å². The van der Waals surface area contributed by atoms with Crippen LogP contribution in [0.2, 0.25) is 0 Å². The molecule has 6 nitrogen and oxygen atoms in total. The second kappa shape index (κ2) is 7.99. The highest BCUT2D eigenvalue weighted by atomic mass is 16.5. The molecule has 0 fully saturated rings. The molecule has 2 aromatic carbocycles. The summed E-state index contributed by atoms with van der Waals surface area (Å²) in [6.07, 6.45) is 0. The Bertz CT molecular complexity index is 1230. The van der Waals surface area contributed by atoms with Crippen LogP contribution in [0.4, 0.5) is 5.69 Å². The van der Waals surface area contributed by atoms with Crippen LogP contribution in [0, 0.1) is 13.8 Å². The first-order chi connectivity index (χ1) is 14.4. The fourth-order valence-corrected chi connectivity index (χ4v) is 3.54. The van der Waals surface area contributed by atoms with E-state index in [2.05, 4.69) is 45.2 Å². The van der Waals surface area contributed by atoms with Crippen LogP contribution < -0.4 is 10.1 Å². The zero-order valence-electron chi connectivity index (χ0n) is 17.6. The second-order valence-corrected chi connectivity index (χ2v) is 7.32. The van der Waals surface area contributed by atoms with Crippen molar-refractivity contribution >= 4 is 22.8 Å². The fourth-order valence-electron chi connectivity index (χ4n) is 3.54. The highest BCUT2D eigenvalue weighted by molar-refractivity contribution is 5.91. The van der Waals surface area contributed by atoms with Gasteiger partial charge in [-0.25, -0.2) is 9.97 Å². The molecule has 6 heteroatoms. The Morgan fingerprint density at radius 2 is 1.80 bits per heavy atom. The van der Waals surface area contributed by atoms with E-state index in [9.17, 15) is 4.79 Å². The standard InChI is InChI=1S/C24H24N4O2/c1-15-22(27-17(3)29)13-23-24(25-15)28(16(2)26-23)14-18-8-10-19(11-9-18)20-6-5-7-21(12-20)30-4/h5-13H,14H2,1-4H3,(H,27,29). The Kier molecular flexibility index (Phi) is 5.23. The number of nitrogens with zero attached hydrogens (tertiary/aromatic N) is 3. The lowest BCUT2D eigenvalue weighted by atomic mass is 10.0. The Hall–Kier alpha value is -3.67. The summed E-state index contributed by atoms with van der Waals surface area (Å²) in [5, 5.41) is 2.81. The predicted octanol–water partition coefficient (Wildman–Crippen LogP) is 4.73. The van der Waals surface area contributed by atoms with Crippen molar-refractivity contribution in [1.29, 1.82) is 0 Å². The molecular formula is C24H24N4O2. The Balaban J connectivity index is 1.63. The van der Waals surface area contributed by atoms with Gasteiger partial charge in [0.25, 0.3) is 0 Å². The minimum absolute atomic E-state index is 0.119. The van der Waals surface area contributed by atoms with Crippen molar-refractivity contribution in [2.24, 2.45) is 0 Å². The molecule has 0 atom stereocenters. The maximum Gasteiger partial charge on any atom is 0.221 e. The number of aryl methyl sites for hydroxylation is 2. The van der Waals surface area contributed by atoms with E-state index in [4.69, 9.17) is 9.72 Å². The van der Waals surface area contributed by atoms with Crippen LogP contribution in [0.5, 0.6) is 5.75 Å². The Morgan fingerprint density at radius 3 is 2.50 bits per heavy atom. The minimum Gasteiger partial charge on any atom is -0.497 e. The summed E-state index contributed by atoms with van der Waals surface area (Å²) in [4.78, 5) is 20.7. The van der Waals surface area contributed by atoms with E-state index in [-0.39, 0.29) is 5.91 Å². The number of carbonyl (C=O) groups excluding carboxylic acids is 1. The van der Waals surface area contributed by atoms with Crippen LogP contribution >= 0.6 is 0 Å². The molecule has 30 heavy (non-hydrogen) atoms. The summed E-state index contributed by atoms with van der Waals surface area (Å²) in [5.74, 6) is 1.61. The largest absolute Gasteiger partial charge is 0.497 e. The van der Waals surface area contributed by atoms with Gasteiger partial charge in [-0.05, 0) is 48.7 Å². The third-order valence-electron chi connectivity index (χ3n) is 5.11. The van der Waals surface area contributed by atoms with Crippen molar-refractivity contribution in [2.75, 3.05) is 12.4 Å². The normalized spacial score (nSPS) is 10.9. The number of carbonyl (C=O) groups is 1. The number of amides is 1. The fraction of sp³-hybridized carbons (Fsp3) is 0.208. The molecule has 1 amide bonds. The lowest BCUT2D eigenvalue weighted by molar-refractivity contribution is -0.114. The molecule has 0 saturated carbocycles. The van der Waals surface area contributed by atoms with E-state index >= 15 is 0 Å². The van der Waals surface area contributed by atoms with Crippen molar-refractivity contribution in [3.8, 4) is 16.9 Å². The number of ether oxygens (including phenoxy) is 1. The zero-order valence-corrected chi connectivity index (χ0v) is 17.6. The van der Waals surface area contributed by atoms with Gasteiger partial charge in [-0.3, -0.25) is 4.79 Å². The van der Waals surface area contributed by atoms with Crippen LogP contribution in [0.3, 0.4) is 0 Å². The van der Waals surface area contributed by atoms with Gasteiger partial charge in [-0.15, -0.1) is 0 Å². The van der Waals surface area contributed by atoms with Crippen molar-refractivity contribution in [1.82, 2.24) is 14.5 Å². The number of anilines is 1. The van der Waals surface area contributed by atoms with Crippen molar-refractivity contribution < 1.29 is 9.53 Å². The number of hydrogen-bond acceptors (Lipinski definition) is 4. The number of nitrogens with one attached hydrogen (secondary N) is 1. The van der Waals surface area contributed by atoms with Gasteiger partial charge in [0.15, 0.2) is 5.65 Å². The molecule has 0 bridgehead atoms. The number of hydrogen-bond donors (Lipinski definition) is 1. The summed E-state index contributed by atoms with van der Waals surface area (Å²) in [6.45, 7) is 6.02. The second-order valence-electron chi connectivity index (χ2n) is 7.32. The number of imidazole rings is 1. The van der Waals surface area contributed by atoms with E-state index in [0.717, 1.165) is 45.1 Å². The number of benzene rings is 2. The first-order valence-corrected chi connectivity index (χ1v) is 9.80. The molecule has 2 aromatic heterocycles. The quantitative estimate of drug-likeness (QED) is 0.526. The van der Waals surface area contributed by atoms with E-state index in [1.54, 1.807) is 7.11 Å². The van der Waals surface area contributed by atoms with Crippen LogP contribution in [-0.2, 0) is 11.3 Å². The monoisotopic (exact) mass is 400 g/mol. The molecule has 152 valence electrons. The van der Waals surface area contributed by atoms with Crippen LogP contribution in [0.25, 0.3) is 22.3 Å². The molecule has 4 rings (SSSR count). The van der Waals surface area contributed by atoms with Crippen LogP contribution in [0.1, 0.15) is 24.0 Å². The van der Waals surface area contributed by atoms with Gasteiger partial charge in [0.05, 0.1) is 25.0 Å². The molecule has 0 saturated heterocycles. The molecular weight excluding hydrogens is 376 g/mol. The topological polar surface area (TPSA) is 69.0 Å². The molecule has 0 spiro atoms. The van der Waals surface area contributed by atoms with E-state index in [1.807, 2.05) is 38.1 Å². The molecule has 0 aliphatic heterocycles. The lowest BCUT2D eigenvalue weighted by Gasteiger charge is -2.10. The molecule has 0 aliphatic rings. The number of fused-ring (bicyclic) bond motifs is 1. The summed E-state index contributed by atoms with van der Waals surface area (Å²) in [7, 11) is 1.68. The van der Waals surface area contributed by atoms with E-state index < -0.39 is 0 Å². The Labute approximate surface area is 175 Å². The number of methoxy groups -OCH3 is 1. The maximum absolute atomic E-state index is 11.4. The Morgan fingerprint density at radius 1 is 1.03 bits per heavy atom. The molecule has 0 aliphatic carbocycles. The third kappa shape index (κ3) is 3.89. The summed E-state index contributed by atoms with van der Waals surface area (Å²) < 4.78 is 7.42. The van der Waals surface area contributed by atoms with Gasteiger partial charge in [-0.1, -0.05) is 36.4 Å². The first-order valence-electron chi connectivity index (χ1n) is 9.80. The SMILES string of the molecule is COc1cccc(-c2ccc(Cn3c(C)nc4cc(NC(C)=O)c(C)nc43)cc2)c1. The predicted molar refractivity (Wildman–Crippen MR) is 119 cm³/mol. The molecule has 2 heterocycles. The summed E-state index contributed by atoms with van der Waals surface area (Å²) in [5.41, 5.74) is 6.47. The number of rotatable bonds is 5. The number of pyridine rings is 1. The van der Waals surface area contributed by atoms with Crippen molar-refractivity contribution in [2.45, 2.75) is 27.3 Å². The lowest BCUT2D eigenvalue weighted by Crippen LogP contribution is -2.09.